The van der Waals surface area contributed by atoms with Gasteiger partial charge in [0.2, 0.25) is 0 Å². The Labute approximate surface area is 355 Å². The molecule has 0 aliphatic carbocycles. The van der Waals surface area contributed by atoms with Crippen LogP contribution in [-0.4, -0.2) is 8.07 Å². The molecule has 0 saturated carbocycles. The minimum absolute atomic E-state index is 0.0898. The molecule has 0 unspecified atom stereocenters. The first-order valence-corrected chi connectivity index (χ1v) is 24.8. The van der Waals surface area contributed by atoms with E-state index >= 15 is 0 Å². The zero-order valence-corrected chi connectivity index (χ0v) is 36.0. The summed E-state index contributed by atoms with van der Waals surface area (Å²) >= 11 is 3.67. The molecule has 0 atom stereocenters. The quantitative estimate of drug-likeness (QED) is 0.161. The van der Waals surface area contributed by atoms with Gasteiger partial charge in [0, 0.05) is 26.6 Å². The van der Waals surface area contributed by atoms with Crippen molar-refractivity contribution in [3.8, 4) is 45.3 Å². The van der Waals surface area contributed by atoms with Gasteiger partial charge >= 0.3 is 0 Å². The van der Waals surface area contributed by atoms with E-state index in [1.165, 1.54) is 42.4 Å². The minimum atomic E-state index is -2.08. The fraction of sp³-hybridized carbons (Fsp3) is 0.0943. The number of para-hydroxylation sites is 3. The van der Waals surface area contributed by atoms with Gasteiger partial charge < -0.3 is 14.4 Å². The van der Waals surface area contributed by atoms with E-state index in [0.717, 1.165) is 61.0 Å². The molecule has 3 aliphatic heterocycles. The number of hydrogen-bond acceptors (Lipinski definition) is 5. The summed E-state index contributed by atoms with van der Waals surface area (Å²) in [4.78, 5) is 7.30. The molecule has 6 heteroatoms. The Morgan fingerprint density at radius 2 is 1.00 bits per heavy atom. The van der Waals surface area contributed by atoms with Crippen molar-refractivity contribution in [2.75, 3.05) is 4.90 Å². The smallest absolute Gasteiger partial charge is 0.151 e. The highest BCUT2D eigenvalue weighted by atomic mass is 32.2. The Morgan fingerprint density at radius 1 is 0.458 bits per heavy atom. The van der Waals surface area contributed by atoms with Crippen LogP contribution in [0.5, 0.6) is 23.0 Å². The summed E-state index contributed by atoms with van der Waals surface area (Å²) in [6, 6.07) is 63.6. The van der Waals surface area contributed by atoms with Crippen LogP contribution in [0.2, 0.25) is 13.1 Å². The molecule has 59 heavy (non-hydrogen) atoms. The number of rotatable bonds is 5. The number of anilines is 3. The number of benzene rings is 8. The maximum absolute atomic E-state index is 6.93. The average molecular weight is 816 g/mol. The van der Waals surface area contributed by atoms with Crippen molar-refractivity contribution in [1.82, 2.24) is 0 Å². The molecule has 0 bridgehead atoms. The van der Waals surface area contributed by atoms with E-state index in [-0.39, 0.29) is 5.41 Å². The zero-order valence-electron chi connectivity index (χ0n) is 33.3. The van der Waals surface area contributed by atoms with Crippen LogP contribution in [0, 0.1) is 0 Å². The molecule has 0 saturated heterocycles. The molecule has 0 aromatic heterocycles. The third-order valence-corrected chi connectivity index (χ3v) is 18.2. The standard InChI is InChI=1S/C53H41NO2S2Si/c1-53(2)40-16-5-8-22-46(40)57-51-38(14-11-17-41(51)53)34-26-30-36(31-27-34)54(42-18-13-25-49-50(42)56-44-20-7-10-24-48(44)59(49,3)4)37-32-28-35(29-33-37)39-15-12-21-45-52(39)58-47-23-9-6-19-43(47)55-45/h5-33H,1-4H3. The van der Waals surface area contributed by atoms with Crippen LogP contribution in [0.1, 0.15) is 25.0 Å². The van der Waals surface area contributed by atoms with Gasteiger partial charge in [-0.05, 0) is 104 Å². The topological polar surface area (TPSA) is 21.7 Å². The fourth-order valence-electron chi connectivity index (χ4n) is 9.10. The fourth-order valence-corrected chi connectivity index (χ4v) is 14.5. The Hall–Kier alpha value is -5.92. The number of fused-ring (bicyclic) bond motifs is 6. The van der Waals surface area contributed by atoms with Gasteiger partial charge in [-0.1, -0.05) is 166 Å². The second kappa shape index (κ2) is 13.8. The summed E-state index contributed by atoms with van der Waals surface area (Å²) in [5.41, 5.74) is 10.6. The molecular formula is C53H41NO2S2Si. The molecule has 0 N–H and O–H groups in total. The van der Waals surface area contributed by atoms with E-state index in [9.17, 15) is 0 Å². The van der Waals surface area contributed by atoms with E-state index < -0.39 is 8.07 Å². The molecule has 3 heterocycles. The van der Waals surface area contributed by atoms with Gasteiger partial charge in [0.1, 0.15) is 25.3 Å². The van der Waals surface area contributed by atoms with Crippen molar-refractivity contribution in [3.05, 3.63) is 187 Å². The maximum atomic E-state index is 6.93. The molecule has 0 fully saturated rings. The minimum Gasteiger partial charge on any atom is -0.455 e. The van der Waals surface area contributed by atoms with Gasteiger partial charge in [0.15, 0.2) is 5.75 Å². The van der Waals surface area contributed by atoms with Crippen LogP contribution in [-0.2, 0) is 5.41 Å². The van der Waals surface area contributed by atoms with Gasteiger partial charge in [0.25, 0.3) is 0 Å². The molecule has 11 rings (SSSR count). The predicted molar refractivity (Wildman–Crippen MR) is 249 cm³/mol. The average Bonchev–Trinajstić information content (AvgIpc) is 3.26. The SMILES string of the molecule is CC1(C)c2ccccc2Sc2c(-c3ccc(N(c4ccc(-c5cccc6c5Sc5ccccc5O6)cc4)c4cccc5c4Oc4ccccc4[Si]5(C)C)cc3)cccc21. The number of ether oxygens (including phenoxy) is 2. The zero-order chi connectivity index (χ0) is 39.9. The molecule has 0 amide bonds. The van der Waals surface area contributed by atoms with E-state index in [1.54, 1.807) is 11.8 Å². The van der Waals surface area contributed by atoms with Crippen LogP contribution in [0.25, 0.3) is 22.3 Å². The van der Waals surface area contributed by atoms with Gasteiger partial charge in [-0.2, -0.15) is 0 Å². The van der Waals surface area contributed by atoms with Gasteiger partial charge in [-0.25, -0.2) is 0 Å². The molecule has 286 valence electrons. The molecule has 8 aromatic carbocycles. The number of nitrogens with zero attached hydrogens (tertiary/aromatic N) is 1. The van der Waals surface area contributed by atoms with Crippen LogP contribution < -0.4 is 24.7 Å². The summed E-state index contributed by atoms with van der Waals surface area (Å²) in [6.07, 6.45) is 0. The molecule has 3 nitrogen and oxygen atoms in total. The summed E-state index contributed by atoms with van der Waals surface area (Å²) < 4.78 is 13.3. The monoisotopic (exact) mass is 815 g/mol. The lowest BCUT2D eigenvalue weighted by Gasteiger charge is -2.36. The molecular weight excluding hydrogens is 775 g/mol. The van der Waals surface area contributed by atoms with Crippen LogP contribution in [0.15, 0.2) is 196 Å². The first-order valence-electron chi connectivity index (χ1n) is 20.2. The molecule has 0 radical (unpaired) electrons. The molecule has 0 spiro atoms. The van der Waals surface area contributed by atoms with Crippen molar-refractivity contribution in [2.45, 2.75) is 51.9 Å². The van der Waals surface area contributed by atoms with E-state index in [0.29, 0.717) is 0 Å². The second-order valence-electron chi connectivity index (χ2n) is 16.5. The van der Waals surface area contributed by atoms with Gasteiger partial charge in [-0.3, -0.25) is 0 Å². The first-order chi connectivity index (χ1) is 28.8. The molecule has 8 aromatic rings. The largest absolute Gasteiger partial charge is 0.455 e. The van der Waals surface area contributed by atoms with Crippen molar-refractivity contribution in [3.63, 3.8) is 0 Å². The third kappa shape index (κ3) is 5.88. The Morgan fingerprint density at radius 3 is 1.75 bits per heavy atom. The van der Waals surface area contributed by atoms with E-state index in [1.807, 2.05) is 23.9 Å². The highest BCUT2D eigenvalue weighted by molar-refractivity contribution is 8.00. The third-order valence-electron chi connectivity index (χ3n) is 12.3. The lowest BCUT2D eigenvalue weighted by Crippen LogP contribution is -2.56. The van der Waals surface area contributed by atoms with Crippen molar-refractivity contribution in [2.24, 2.45) is 0 Å². The van der Waals surface area contributed by atoms with Crippen molar-refractivity contribution in [1.29, 1.82) is 0 Å². The van der Waals surface area contributed by atoms with Gasteiger partial charge in [0.05, 0.1) is 15.5 Å². The highest BCUT2D eigenvalue weighted by Gasteiger charge is 2.38. The molecule has 3 aliphatic rings. The van der Waals surface area contributed by atoms with Crippen LogP contribution in [0.3, 0.4) is 0 Å². The van der Waals surface area contributed by atoms with Crippen LogP contribution in [0.4, 0.5) is 17.1 Å². The Kier molecular flexibility index (Phi) is 8.49. The Bertz CT molecular complexity index is 2960. The summed E-state index contributed by atoms with van der Waals surface area (Å²) in [5.74, 6) is 3.69. The summed E-state index contributed by atoms with van der Waals surface area (Å²) in [5, 5.41) is 2.63. The number of hydrogen-bond donors (Lipinski definition) is 0. The Balaban J connectivity index is 1.02. The van der Waals surface area contributed by atoms with Gasteiger partial charge in [-0.15, -0.1) is 0 Å². The maximum Gasteiger partial charge on any atom is 0.151 e. The first kappa shape index (κ1) is 36.2. The normalized spacial score (nSPS) is 14.8. The van der Waals surface area contributed by atoms with Crippen molar-refractivity contribution >= 4 is 59.0 Å². The summed E-state index contributed by atoms with van der Waals surface area (Å²) in [7, 11) is -2.08. The van der Waals surface area contributed by atoms with E-state index in [2.05, 4.69) is 196 Å². The highest BCUT2D eigenvalue weighted by Crippen LogP contribution is 2.53. The van der Waals surface area contributed by atoms with Crippen LogP contribution >= 0.6 is 23.5 Å². The lowest BCUT2D eigenvalue weighted by atomic mass is 9.77. The summed E-state index contributed by atoms with van der Waals surface area (Å²) in [6.45, 7) is 9.57. The predicted octanol–water partition coefficient (Wildman–Crippen LogP) is 14.5. The van der Waals surface area contributed by atoms with E-state index in [4.69, 9.17) is 9.47 Å². The second-order valence-corrected chi connectivity index (χ2v) is 22.9. The lowest BCUT2D eigenvalue weighted by molar-refractivity contribution is 0.455. The van der Waals surface area contributed by atoms with Crippen molar-refractivity contribution < 1.29 is 9.47 Å².